The van der Waals surface area contributed by atoms with Crippen molar-refractivity contribution in [3.63, 3.8) is 0 Å². The number of fused-ring (bicyclic) bond motifs is 1. The maximum absolute atomic E-state index is 9.88. The van der Waals surface area contributed by atoms with E-state index in [4.69, 9.17) is 14.5 Å². The van der Waals surface area contributed by atoms with Crippen molar-refractivity contribution < 1.29 is 9.47 Å². The number of methoxy groups -OCH3 is 1. The standard InChI is InChI=1S/C30H22N2O2S/c1-33-29-17-22(14-15-28(29)34-19-21-8-3-2-4-9-21)16-24(18-31)30-32-27(20-35-30)26-13-7-11-23-10-5-6-12-25(23)26/h2-17,20H,19H2,1H3/b24-16+. The summed E-state index contributed by atoms with van der Waals surface area (Å²) in [6.07, 6.45) is 1.83. The molecule has 0 aliphatic rings. The van der Waals surface area contributed by atoms with Crippen LogP contribution in [0.1, 0.15) is 16.1 Å². The molecule has 5 rings (SSSR count). The number of rotatable bonds is 7. The summed E-state index contributed by atoms with van der Waals surface area (Å²) < 4.78 is 11.5. The molecule has 4 aromatic carbocycles. The van der Waals surface area contributed by atoms with Crippen LogP contribution in [0.25, 0.3) is 33.7 Å². The highest BCUT2D eigenvalue weighted by Crippen LogP contribution is 2.33. The Labute approximate surface area is 208 Å². The van der Waals surface area contributed by atoms with Crippen LogP contribution < -0.4 is 9.47 Å². The molecule has 1 aromatic heterocycles. The molecule has 4 nitrogen and oxygen atoms in total. The van der Waals surface area contributed by atoms with E-state index in [-0.39, 0.29) is 0 Å². The lowest BCUT2D eigenvalue weighted by molar-refractivity contribution is 0.284. The third-order valence-corrected chi connectivity index (χ3v) is 6.53. The van der Waals surface area contributed by atoms with Crippen LogP contribution in [0.5, 0.6) is 11.5 Å². The van der Waals surface area contributed by atoms with E-state index in [9.17, 15) is 5.26 Å². The molecule has 0 bridgehead atoms. The molecule has 1 heterocycles. The molecule has 0 fully saturated rings. The normalized spacial score (nSPS) is 11.3. The van der Waals surface area contributed by atoms with Gasteiger partial charge in [-0.05, 0) is 40.1 Å². The van der Waals surface area contributed by atoms with Gasteiger partial charge in [-0.3, -0.25) is 0 Å². The Hall–Kier alpha value is -4.40. The first-order valence-corrected chi connectivity index (χ1v) is 12.0. The van der Waals surface area contributed by atoms with Gasteiger partial charge in [0.05, 0.1) is 18.4 Å². The summed E-state index contributed by atoms with van der Waals surface area (Å²) in [5, 5.41) is 14.9. The van der Waals surface area contributed by atoms with Gasteiger partial charge in [-0.25, -0.2) is 4.98 Å². The fraction of sp³-hybridized carbons (Fsp3) is 0.0667. The monoisotopic (exact) mass is 474 g/mol. The zero-order chi connectivity index (χ0) is 24.0. The van der Waals surface area contributed by atoms with Crippen molar-refractivity contribution in [2.45, 2.75) is 6.61 Å². The van der Waals surface area contributed by atoms with E-state index in [1.807, 2.05) is 78.2 Å². The van der Waals surface area contributed by atoms with E-state index in [1.165, 1.54) is 11.3 Å². The number of allylic oxidation sites excluding steroid dienone is 1. The predicted octanol–water partition coefficient (Wildman–Crippen LogP) is 7.62. The van der Waals surface area contributed by atoms with Crippen LogP contribution in [-0.4, -0.2) is 12.1 Å². The Morgan fingerprint density at radius 2 is 1.74 bits per heavy atom. The predicted molar refractivity (Wildman–Crippen MR) is 142 cm³/mol. The smallest absolute Gasteiger partial charge is 0.161 e. The number of nitrogens with zero attached hydrogens (tertiary/aromatic N) is 2. The summed E-state index contributed by atoms with van der Waals surface area (Å²) in [5.74, 6) is 1.27. The minimum atomic E-state index is 0.450. The molecule has 0 spiro atoms. The second-order valence-electron chi connectivity index (χ2n) is 7.92. The third-order valence-electron chi connectivity index (χ3n) is 5.66. The van der Waals surface area contributed by atoms with Crippen LogP contribution in [0, 0.1) is 11.3 Å². The molecule has 170 valence electrons. The van der Waals surface area contributed by atoms with Gasteiger partial charge < -0.3 is 9.47 Å². The Balaban J connectivity index is 1.41. The van der Waals surface area contributed by atoms with Crippen LogP contribution in [-0.2, 0) is 6.61 Å². The van der Waals surface area contributed by atoms with Gasteiger partial charge in [0.1, 0.15) is 17.7 Å². The minimum Gasteiger partial charge on any atom is -0.493 e. The average molecular weight is 475 g/mol. The Kier molecular flexibility index (Phi) is 6.56. The van der Waals surface area contributed by atoms with E-state index >= 15 is 0 Å². The molecule has 0 amide bonds. The van der Waals surface area contributed by atoms with Gasteiger partial charge in [-0.2, -0.15) is 5.26 Å². The maximum atomic E-state index is 9.88. The molecule has 5 heteroatoms. The number of hydrogen-bond donors (Lipinski definition) is 0. The van der Waals surface area contributed by atoms with Crippen LogP contribution in [0.15, 0.2) is 96.4 Å². The lowest BCUT2D eigenvalue weighted by atomic mass is 10.0. The van der Waals surface area contributed by atoms with Gasteiger partial charge in [-0.15, -0.1) is 11.3 Å². The van der Waals surface area contributed by atoms with Gasteiger partial charge >= 0.3 is 0 Å². The summed E-state index contributed by atoms with van der Waals surface area (Å²) in [5.41, 5.74) is 4.35. The molecule has 0 saturated carbocycles. The molecule has 0 aliphatic carbocycles. The number of nitriles is 1. The quantitative estimate of drug-likeness (QED) is 0.228. The van der Waals surface area contributed by atoms with E-state index in [0.29, 0.717) is 28.7 Å². The largest absolute Gasteiger partial charge is 0.493 e. The number of ether oxygens (including phenoxy) is 2. The van der Waals surface area contributed by atoms with Gasteiger partial charge in [0.25, 0.3) is 0 Å². The molecular weight excluding hydrogens is 452 g/mol. The van der Waals surface area contributed by atoms with Crippen molar-refractivity contribution in [2.24, 2.45) is 0 Å². The van der Waals surface area contributed by atoms with Gasteiger partial charge in [0, 0.05) is 10.9 Å². The number of thiazole rings is 1. The molecule has 0 saturated heterocycles. The zero-order valence-electron chi connectivity index (χ0n) is 19.1. The summed E-state index contributed by atoms with van der Waals surface area (Å²) >= 11 is 1.47. The Morgan fingerprint density at radius 3 is 2.57 bits per heavy atom. The van der Waals surface area contributed by atoms with Crippen molar-refractivity contribution in [1.29, 1.82) is 5.26 Å². The minimum absolute atomic E-state index is 0.450. The number of benzene rings is 4. The van der Waals surface area contributed by atoms with Gasteiger partial charge in [0.2, 0.25) is 0 Å². The van der Waals surface area contributed by atoms with Crippen LogP contribution in [0.3, 0.4) is 0 Å². The first-order chi connectivity index (χ1) is 17.2. The van der Waals surface area contributed by atoms with Crippen molar-refractivity contribution in [2.75, 3.05) is 7.11 Å². The van der Waals surface area contributed by atoms with E-state index in [1.54, 1.807) is 7.11 Å². The first kappa shape index (κ1) is 22.4. The molecule has 0 N–H and O–H groups in total. The summed E-state index contributed by atoms with van der Waals surface area (Å²) in [6, 6.07) is 32.4. The molecule has 0 unspecified atom stereocenters. The highest BCUT2D eigenvalue weighted by molar-refractivity contribution is 7.11. The summed E-state index contributed by atoms with van der Waals surface area (Å²) in [4.78, 5) is 4.79. The van der Waals surface area contributed by atoms with Crippen molar-refractivity contribution >= 4 is 33.8 Å². The third kappa shape index (κ3) is 4.93. The SMILES string of the molecule is COc1cc(/C=C(\C#N)c2nc(-c3cccc4ccccc34)cs2)ccc1OCc1ccccc1. The molecule has 35 heavy (non-hydrogen) atoms. The zero-order valence-corrected chi connectivity index (χ0v) is 20.0. The average Bonchev–Trinajstić information content (AvgIpc) is 3.41. The van der Waals surface area contributed by atoms with Crippen molar-refractivity contribution in [3.05, 3.63) is 113 Å². The maximum Gasteiger partial charge on any atom is 0.161 e. The van der Waals surface area contributed by atoms with Crippen LogP contribution in [0.2, 0.25) is 0 Å². The van der Waals surface area contributed by atoms with E-state index in [2.05, 4.69) is 30.3 Å². The van der Waals surface area contributed by atoms with Crippen LogP contribution >= 0.6 is 11.3 Å². The highest BCUT2D eigenvalue weighted by atomic mass is 32.1. The topological polar surface area (TPSA) is 55.1 Å². The summed E-state index contributed by atoms with van der Waals surface area (Å²) in [6.45, 7) is 0.450. The van der Waals surface area contributed by atoms with E-state index in [0.717, 1.165) is 33.2 Å². The fourth-order valence-electron chi connectivity index (χ4n) is 3.91. The Bertz CT molecular complexity index is 1540. The summed E-state index contributed by atoms with van der Waals surface area (Å²) in [7, 11) is 1.61. The lowest BCUT2D eigenvalue weighted by Gasteiger charge is -2.11. The van der Waals surface area contributed by atoms with Gasteiger partial charge in [-0.1, -0.05) is 78.9 Å². The second kappa shape index (κ2) is 10.3. The first-order valence-electron chi connectivity index (χ1n) is 11.2. The van der Waals surface area contributed by atoms with Crippen LogP contribution in [0.4, 0.5) is 0 Å². The fourth-order valence-corrected chi connectivity index (χ4v) is 4.69. The molecule has 5 aromatic rings. The number of aromatic nitrogens is 1. The number of hydrogen-bond acceptors (Lipinski definition) is 5. The van der Waals surface area contributed by atoms with E-state index < -0.39 is 0 Å². The highest BCUT2D eigenvalue weighted by Gasteiger charge is 2.12. The van der Waals surface area contributed by atoms with Gasteiger partial charge in [0.15, 0.2) is 11.5 Å². The van der Waals surface area contributed by atoms with Crippen molar-refractivity contribution in [3.8, 4) is 28.8 Å². The second-order valence-corrected chi connectivity index (χ2v) is 8.78. The molecule has 0 radical (unpaired) electrons. The molecular formula is C30H22N2O2S. The Morgan fingerprint density at radius 1 is 0.943 bits per heavy atom. The lowest BCUT2D eigenvalue weighted by Crippen LogP contribution is -1.97. The molecule has 0 aliphatic heterocycles. The molecule has 0 atom stereocenters. The van der Waals surface area contributed by atoms with Crippen molar-refractivity contribution in [1.82, 2.24) is 4.98 Å².